The van der Waals surface area contributed by atoms with E-state index in [9.17, 15) is 9.90 Å². The second-order valence-electron chi connectivity index (χ2n) is 10.5. The van der Waals surface area contributed by atoms with Crippen molar-refractivity contribution in [2.45, 2.75) is 103 Å². The molecule has 0 aromatic heterocycles. The van der Waals surface area contributed by atoms with Crippen LogP contribution in [-0.4, -0.2) is 53.7 Å². The topological polar surface area (TPSA) is 78.6 Å². The zero-order chi connectivity index (χ0) is 21.5. The van der Waals surface area contributed by atoms with Gasteiger partial charge in [-0.05, 0) is 81.7 Å². The van der Waals surface area contributed by atoms with Gasteiger partial charge in [-0.25, -0.2) is 0 Å². The van der Waals surface area contributed by atoms with Crippen LogP contribution in [-0.2, 0) is 4.79 Å². The first-order chi connectivity index (χ1) is 13.7. The van der Waals surface area contributed by atoms with Gasteiger partial charge in [0, 0.05) is 19.1 Å². The van der Waals surface area contributed by atoms with Crippen molar-refractivity contribution < 1.29 is 9.90 Å². The molecule has 2 saturated carbocycles. The Hall–Kier alpha value is -0.650. The van der Waals surface area contributed by atoms with Crippen molar-refractivity contribution in [2.75, 3.05) is 26.2 Å². The zero-order valence-electron chi connectivity index (χ0n) is 19.5. The summed E-state index contributed by atoms with van der Waals surface area (Å²) in [5, 5.41) is 13.2. The third-order valence-corrected chi connectivity index (χ3v) is 8.06. The van der Waals surface area contributed by atoms with Crippen LogP contribution in [0.25, 0.3) is 0 Å². The lowest BCUT2D eigenvalue weighted by molar-refractivity contribution is -0.143. The van der Waals surface area contributed by atoms with Gasteiger partial charge in [0.1, 0.15) is 5.54 Å². The van der Waals surface area contributed by atoms with Gasteiger partial charge in [0.15, 0.2) is 0 Å². The highest BCUT2D eigenvalue weighted by molar-refractivity contribution is 5.78. The molecule has 0 heterocycles. The molecule has 0 aliphatic heterocycles. The van der Waals surface area contributed by atoms with Gasteiger partial charge in [0.05, 0.1) is 0 Å². The van der Waals surface area contributed by atoms with Crippen molar-refractivity contribution in [1.29, 1.82) is 0 Å². The number of hydrogen-bond donors (Lipinski definition) is 3. The maximum atomic E-state index is 11.5. The van der Waals surface area contributed by atoms with Gasteiger partial charge in [-0.15, -0.1) is 0 Å². The predicted octanol–water partition coefficient (Wildman–Crippen LogP) is 4.26. The van der Waals surface area contributed by atoms with Gasteiger partial charge in [0.2, 0.25) is 0 Å². The molecular weight excluding hydrogens is 362 g/mol. The third kappa shape index (κ3) is 7.22. The number of carboxylic acid groups (broad SMARTS) is 1. The summed E-state index contributed by atoms with van der Waals surface area (Å²) < 4.78 is 0. The first-order valence-corrected chi connectivity index (χ1v) is 12.2. The van der Waals surface area contributed by atoms with Gasteiger partial charge >= 0.3 is 5.97 Å². The third-order valence-electron chi connectivity index (χ3n) is 8.06. The highest BCUT2D eigenvalue weighted by Gasteiger charge is 2.39. The normalized spacial score (nSPS) is 31.6. The molecule has 2 aliphatic rings. The maximum Gasteiger partial charge on any atom is 0.323 e. The molecule has 2 aliphatic carbocycles. The largest absolute Gasteiger partial charge is 0.480 e. The maximum absolute atomic E-state index is 11.5. The molecule has 29 heavy (non-hydrogen) atoms. The molecule has 2 rings (SSSR count). The summed E-state index contributed by atoms with van der Waals surface area (Å²) in [6.45, 7) is 13.9. The van der Waals surface area contributed by atoms with E-state index in [2.05, 4.69) is 37.9 Å². The summed E-state index contributed by atoms with van der Waals surface area (Å²) in [5.74, 6) is 0.595. The first-order valence-electron chi connectivity index (χ1n) is 12.2. The molecule has 170 valence electrons. The van der Waals surface area contributed by atoms with Crippen LogP contribution < -0.4 is 11.1 Å². The number of aliphatic carboxylic acids is 1. The van der Waals surface area contributed by atoms with Crippen LogP contribution in [0, 0.1) is 17.3 Å². The monoisotopic (exact) mass is 409 g/mol. The molecule has 4 N–H and O–H groups in total. The van der Waals surface area contributed by atoms with Crippen LogP contribution in [0.5, 0.6) is 0 Å². The average Bonchev–Trinajstić information content (AvgIpc) is 2.88. The Balaban J connectivity index is 1.75. The second-order valence-corrected chi connectivity index (χ2v) is 10.5. The number of hydrogen-bond acceptors (Lipinski definition) is 4. The van der Waals surface area contributed by atoms with E-state index in [0.717, 1.165) is 51.4 Å². The number of nitrogens with zero attached hydrogens (tertiary/aromatic N) is 1. The van der Waals surface area contributed by atoms with Crippen molar-refractivity contribution in [2.24, 2.45) is 23.0 Å². The summed E-state index contributed by atoms with van der Waals surface area (Å²) in [6, 6.07) is 0.684. The highest BCUT2D eigenvalue weighted by atomic mass is 16.4. The molecule has 5 nitrogen and oxygen atoms in total. The van der Waals surface area contributed by atoms with E-state index >= 15 is 0 Å². The molecule has 2 unspecified atom stereocenters. The number of rotatable bonds is 10. The zero-order valence-corrected chi connectivity index (χ0v) is 19.5. The molecule has 0 amide bonds. The second kappa shape index (κ2) is 11.1. The summed E-state index contributed by atoms with van der Waals surface area (Å²) in [5.41, 5.74) is 5.50. The lowest BCUT2D eigenvalue weighted by atomic mass is 9.65. The van der Waals surface area contributed by atoms with Crippen molar-refractivity contribution >= 4 is 5.97 Å². The Kier molecular flexibility index (Phi) is 9.43. The van der Waals surface area contributed by atoms with Crippen LogP contribution in [0.4, 0.5) is 0 Å². The summed E-state index contributed by atoms with van der Waals surface area (Å²) in [4.78, 5) is 14.0. The fourth-order valence-corrected chi connectivity index (χ4v) is 5.81. The summed E-state index contributed by atoms with van der Waals surface area (Å²) >= 11 is 0. The van der Waals surface area contributed by atoms with E-state index in [1.54, 1.807) is 0 Å². The average molecular weight is 410 g/mol. The molecule has 0 spiro atoms. The first kappa shape index (κ1) is 24.6. The molecular formula is C24H47N3O2. The molecule has 2 atom stereocenters. The van der Waals surface area contributed by atoms with Crippen LogP contribution in [0.1, 0.15) is 91.9 Å². The van der Waals surface area contributed by atoms with Crippen LogP contribution in [0.15, 0.2) is 0 Å². The van der Waals surface area contributed by atoms with Gasteiger partial charge in [0.25, 0.3) is 0 Å². The van der Waals surface area contributed by atoms with Gasteiger partial charge in [-0.3, -0.25) is 4.79 Å². The molecule has 0 radical (unpaired) electrons. The molecule has 0 saturated heterocycles. The van der Waals surface area contributed by atoms with E-state index in [4.69, 9.17) is 5.73 Å². The van der Waals surface area contributed by atoms with E-state index < -0.39 is 11.5 Å². The minimum Gasteiger partial charge on any atom is -0.480 e. The Morgan fingerprint density at radius 2 is 1.76 bits per heavy atom. The molecule has 2 fully saturated rings. The number of nitrogens with two attached hydrogens (primary N) is 1. The van der Waals surface area contributed by atoms with E-state index in [-0.39, 0.29) is 0 Å². The Morgan fingerprint density at radius 3 is 2.34 bits per heavy atom. The Bertz CT molecular complexity index is 498. The van der Waals surface area contributed by atoms with Gasteiger partial charge in [-0.1, -0.05) is 40.5 Å². The quantitative estimate of drug-likeness (QED) is 0.470. The SMILES string of the molecule is CCN(CC)CCNC1CCC(C(C)(C)CC2CCCC(N)(C(=O)O)CC2)CC1. The van der Waals surface area contributed by atoms with Crippen molar-refractivity contribution in [3.8, 4) is 0 Å². The minimum atomic E-state index is -0.992. The number of likely N-dealkylation sites (N-methyl/N-ethyl adjacent to an activating group) is 1. The van der Waals surface area contributed by atoms with Gasteiger partial charge in [-0.2, -0.15) is 0 Å². The summed E-state index contributed by atoms with van der Waals surface area (Å²) in [6.07, 6.45) is 10.8. The predicted molar refractivity (Wildman–Crippen MR) is 121 cm³/mol. The fraction of sp³-hybridized carbons (Fsp3) is 0.958. The highest BCUT2D eigenvalue weighted by Crippen LogP contribution is 2.45. The minimum absolute atomic E-state index is 0.335. The summed E-state index contributed by atoms with van der Waals surface area (Å²) in [7, 11) is 0. The van der Waals surface area contributed by atoms with Crippen molar-refractivity contribution in [3.05, 3.63) is 0 Å². The van der Waals surface area contributed by atoms with Crippen LogP contribution in [0.2, 0.25) is 0 Å². The Morgan fingerprint density at radius 1 is 1.10 bits per heavy atom. The number of carboxylic acids is 1. The lowest BCUT2D eigenvalue weighted by Crippen LogP contribution is -2.47. The molecule has 0 aromatic carbocycles. The van der Waals surface area contributed by atoms with Gasteiger partial charge < -0.3 is 21.1 Å². The molecule has 0 aromatic rings. The number of carbonyl (C=O) groups is 1. The lowest BCUT2D eigenvalue weighted by Gasteiger charge is -2.41. The van der Waals surface area contributed by atoms with E-state index in [1.807, 2.05) is 0 Å². The number of nitrogens with one attached hydrogen (secondary N) is 1. The van der Waals surface area contributed by atoms with Crippen LogP contribution >= 0.6 is 0 Å². The van der Waals surface area contributed by atoms with Crippen molar-refractivity contribution in [3.63, 3.8) is 0 Å². The van der Waals surface area contributed by atoms with Crippen LogP contribution in [0.3, 0.4) is 0 Å². The fourth-order valence-electron chi connectivity index (χ4n) is 5.81. The smallest absolute Gasteiger partial charge is 0.323 e. The van der Waals surface area contributed by atoms with E-state index in [1.165, 1.54) is 32.1 Å². The standard InChI is InChI=1S/C24H47N3O2/c1-5-27(6-2)17-16-26-21-11-9-20(10-12-21)23(3,4)18-19-8-7-14-24(25,15-13-19)22(28)29/h19-21,26H,5-18,25H2,1-4H3,(H,28,29). The Labute approximate surface area is 179 Å². The van der Waals surface area contributed by atoms with Crippen molar-refractivity contribution in [1.82, 2.24) is 10.2 Å². The molecule has 0 bridgehead atoms. The van der Waals surface area contributed by atoms with E-state index in [0.29, 0.717) is 30.2 Å². The molecule has 5 heteroatoms.